The fourth-order valence-electron chi connectivity index (χ4n) is 3.81. The summed E-state index contributed by atoms with van der Waals surface area (Å²) in [7, 11) is 0. The van der Waals surface area contributed by atoms with Crippen molar-refractivity contribution in [1.29, 1.82) is 5.26 Å². The van der Waals surface area contributed by atoms with E-state index in [1.54, 1.807) is 49.9 Å². The number of amides is 1. The molecule has 5 nitrogen and oxygen atoms in total. The van der Waals surface area contributed by atoms with Crippen molar-refractivity contribution < 1.29 is 22.7 Å². The monoisotopic (exact) mass is 479 g/mol. The van der Waals surface area contributed by atoms with Crippen LogP contribution in [-0.2, 0) is 17.5 Å². The smallest absolute Gasteiger partial charge is 0.416 e. The van der Waals surface area contributed by atoms with Crippen molar-refractivity contribution in [2.24, 2.45) is 0 Å². The van der Waals surface area contributed by atoms with Gasteiger partial charge in [-0.2, -0.15) is 18.4 Å². The molecule has 9 heteroatoms. The van der Waals surface area contributed by atoms with Gasteiger partial charge < -0.3 is 14.5 Å². The Labute approximate surface area is 196 Å². The average molecular weight is 480 g/mol. The van der Waals surface area contributed by atoms with Crippen LogP contribution in [0.15, 0.2) is 42.5 Å². The molecule has 1 fully saturated rings. The topological polar surface area (TPSA) is 56.6 Å². The van der Waals surface area contributed by atoms with Crippen molar-refractivity contribution in [2.45, 2.75) is 51.6 Å². The van der Waals surface area contributed by atoms with Crippen molar-refractivity contribution in [3.05, 3.63) is 64.2 Å². The summed E-state index contributed by atoms with van der Waals surface area (Å²) in [5.74, 6) is 0. The zero-order valence-electron chi connectivity index (χ0n) is 18.6. The summed E-state index contributed by atoms with van der Waals surface area (Å²) in [4.78, 5) is 15.9. The Morgan fingerprint density at radius 3 is 2.55 bits per heavy atom. The number of ether oxygens (including phenoxy) is 1. The Hall–Kier alpha value is -2.92. The number of rotatable bonds is 4. The van der Waals surface area contributed by atoms with Gasteiger partial charge in [-0.05, 0) is 57.0 Å². The fourth-order valence-corrected chi connectivity index (χ4v) is 4.03. The van der Waals surface area contributed by atoms with E-state index in [9.17, 15) is 23.2 Å². The van der Waals surface area contributed by atoms with Gasteiger partial charge in [0.25, 0.3) is 0 Å². The van der Waals surface area contributed by atoms with Gasteiger partial charge >= 0.3 is 12.3 Å². The van der Waals surface area contributed by atoms with E-state index in [0.29, 0.717) is 25.2 Å². The zero-order valence-corrected chi connectivity index (χ0v) is 19.4. The zero-order chi connectivity index (χ0) is 24.4. The van der Waals surface area contributed by atoms with Crippen LogP contribution >= 0.6 is 11.6 Å². The summed E-state index contributed by atoms with van der Waals surface area (Å²) in [6.07, 6.45) is -4.41. The summed E-state index contributed by atoms with van der Waals surface area (Å²) in [5.41, 5.74) is -0.399. The highest BCUT2D eigenvalue weighted by Gasteiger charge is 2.36. The van der Waals surface area contributed by atoms with Crippen molar-refractivity contribution in [1.82, 2.24) is 4.90 Å². The maximum atomic E-state index is 13.6. The molecular weight excluding hydrogens is 455 g/mol. The molecule has 0 saturated carbocycles. The van der Waals surface area contributed by atoms with Crippen LogP contribution in [0.3, 0.4) is 0 Å². The second kappa shape index (κ2) is 9.52. The quantitative estimate of drug-likeness (QED) is 0.520. The highest BCUT2D eigenvalue weighted by Crippen LogP contribution is 2.35. The Bertz CT molecular complexity index is 1060. The first-order valence-corrected chi connectivity index (χ1v) is 10.9. The van der Waals surface area contributed by atoms with E-state index in [1.165, 1.54) is 12.1 Å². The Morgan fingerprint density at radius 1 is 1.24 bits per heavy atom. The number of carbonyl (C=O) groups is 1. The Morgan fingerprint density at radius 2 is 1.94 bits per heavy atom. The third-order valence-electron chi connectivity index (χ3n) is 5.32. The highest BCUT2D eigenvalue weighted by molar-refractivity contribution is 6.32. The molecular formula is C24H25ClF3N3O2. The van der Waals surface area contributed by atoms with Gasteiger partial charge in [-0.3, -0.25) is 0 Å². The number of anilines is 1. The lowest BCUT2D eigenvalue weighted by atomic mass is 10.0. The van der Waals surface area contributed by atoms with Crippen LogP contribution in [-0.4, -0.2) is 35.7 Å². The van der Waals surface area contributed by atoms with Crippen LogP contribution in [0.25, 0.3) is 0 Å². The number of likely N-dealkylation sites (tertiary alicyclic amines) is 1. The number of carbonyl (C=O) groups excluding carboxylic acids is 1. The molecule has 1 saturated heterocycles. The van der Waals surface area contributed by atoms with Crippen LogP contribution in [0.1, 0.15) is 43.9 Å². The minimum atomic E-state index is -4.50. The fraction of sp³-hybridized carbons (Fsp3) is 0.417. The molecule has 2 aromatic carbocycles. The summed E-state index contributed by atoms with van der Waals surface area (Å²) < 4.78 is 46.3. The predicted octanol–water partition coefficient (Wildman–Crippen LogP) is 6.25. The maximum Gasteiger partial charge on any atom is 0.416 e. The summed E-state index contributed by atoms with van der Waals surface area (Å²) >= 11 is 6.23. The number of nitriles is 1. The minimum Gasteiger partial charge on any atom is -0.444 e. The first-order chi connectivity index (χ1) is 15.4. The second-order valence-corrected chi connectivity index (χ2v) is 9.33. The molecule has 0 aliphatic carbocycles. The highest BCUT2D eigenvalue weighted by atomic mass is 35.5. The molecule has 1 aliphatic rings. The van der Waals surface area contributed by atoms with E-state index >= 15 is 0 Å². The largest absolute Gasteiger partial charge is 0.444 e. The number of alkyl halides is 3. The number of nitrogens with zero attached hydrogens (tertiary/aromatic N) is 3. The van der Waals surface area contributed by atoms with Gasteiger partial charge in [0.2, 0.25) is 0 Å². The minimum absolute atomic E-state index is 0.0370. The van der Waals surface area contributed by atoms with Crippen LogP contribution in [0, 0.1) is 11.3 Å². The molecule has 2 aromatic rings. The molecule has 1 aliphatic heterocycles. The van der Waals surface area contributed by atoms with Gasteiger partial charge in [0, 0.05) is 31.4 Å². The maximum absolute atomic E-state index is 13.6. The molecule has 0 bridgehead atoms. The van der Waals surface area contributed by atoms with Gasteiger partial charge in [0.1, 0.15) is 11.7 Å². The molecule has 1 atom stereocenters. The molecule has 1 amide bonds. The average Bonchev–Trinajstić information content (AvgIpc) is 3.20. The van der Waals surface area contributed by atoms with E-state index in [4.69, 9.17) is 16.3 Å². The van der Waals surface area contributed by atoms with Gasteiger partial charge in [-0.15, -0.1) is 0 Å². The Balaban J connectivity index is 1.94. The molecule has 0 unspecified atom stereocenters. The molecule has 33 heavy (non-hydrogen) atoms. The van der Waals surface area contributed by atoms with Crippen LogP contribution in [0.4, 0.5) is 23.7 Å². The lowest BCUT2D eigenvalue weighted by molar-refractivity contribution is -0.138. The number of halogens is 4. The summed E-state index contributed by atoms with van der Waals surface area (Å²) in [5, 5.41) is 9.39. The van der Waals surface area contributed by atoms with E-state index in [2.05, 4.69) is 0 Å². The van der Waals surface area contributed by atoms with Crippen molar-refractivity contribution in [3.63, 3.8) is 0 Å². The van der Waals surface area contributed by atoms with Gasteiger partial charge in [0.15, 0.2) is 0 Å². The van der Waals surface area contributed by atoms with Crippen LogP contribution < -0.4 is 4.90 Å². The molecule has 0 spiro atoms. The van der Waals surface area contributed by atoms with Gasteiger partial charge in [-0.25, -0.2) is 4.79 Å². The molecule has 0 aromatic heterocycles. The first kappa shape index (κ1) is 24.7. The van der Waals surface area contributed by atoms with E-state index in [1.807, 2.05) is 11.0 Å². The molecule has 0 N–H and O–H groups in total. The van der Waals surface area contributed by atoms with Crippen molar-refractivity contribution >= 4 is 23.4 Å². The first-order valence-electron chi connectivity index (χ1n) is 10.5. The number of benzene rings is 2. The second-order valence-electron chi connectivity index (χ2n) is 8.93. The van der Waals surface area contributed by atoms with E-state index < -0.39 is 23.4 Å². The van der Waals surface area contributed by atoms with Gasteiger partial charge in [-0.1, -0.05) is 29.8 Å². The molecule has 1 heterocycles. The van der Waals surface area contributed by atoms with Gasteiger partial charge in [0.05, 0.1) is 16.1 Å². The number of hydrogen-bond acceptors (Lipinski definition) is 4. The molecule has 3 rings (SSSR count). The lowest BCUT2D eigenvalue weighted by Gasteiger charge is -2.32. The summed E-state index contributed by atoms with van der Waals surface area (Å²) in [6.45, 7) is 6.00. The van der Waals surface area contributed by atoms with Crippen molar-refractivity contribution in [2.75, 3.05) is 18.0 Å². The predicted molar refractivity (Wildman–Crippen MR) is 120 cm³/mol. The molecule has 0 radical (unpaired) electrons. The number of hydrogen-bond donors (Lipinski definition) is 0. The van der Waals surface area contributed by atoms with E-state index in [0.717, 1.165) is 6.07 Å². The lowest BCUT2D eigenvalue weighted by Crippen LogP contribution is -2.40. The van der Waals surface area contributed by atoms with Crippen LogP contribution in [0.2, 0.25) is 5.02 Å². The third-order valence-corrected chi connectivity index (χ3v) is 5.64. The standard InChI is InChI=1S/C24H25ClF3N3O2/c1-23(2,3)33-22(32)30-11-10-19(15-30)31(18-9-8-16(13-29)21(25)12-18)14-17-6-4-5-7-20(17)24(26,27)28/h4-9,12,19H,10-11,14-15H2,1-3H3/t19-/m0/s1. The van der Waals surface area contributed by atoms with Crippen LogP contribution in [0.5, 0.6) is 0 Å². The normalized spacial score (nSPS) is 16.4. The Kier molecular flexibility index (Phi) is 7.13. The molecule has 176 valence electrons. The SMILES string of the molecule is CC(C)(C)OC(=O)N1CC[C@H](N(Cc2ccccc2C(F)(F)F)c2ccc(C#N)c(Cl)c2)C1. The van der Waals surface area contributed by atoms with Crippen molar-refractivity contribution in [3.8, 4) is 6.07 Å². The third kappa shape index (κ3) is 6.11. The van der Waals surface area contributed by atoms with E-state index in [-0.39, 0.29) is 28.7 Å². The summed E-state index contributed by atoms with van der Waals surface area (Å²) in [6, 6.07) is 11.9.